The molecule has 0 atom stereocenters. The molecule has 0 spiro atoms. The van der Waals surface area contributed by atoms with Gasteiger partial charge >= 0.3 is 0 Å². The minimum absolute atomic E-state index is 0.407. The predicted octanol–water partition coefficient (Wildman–Crippen LogP) is 6.54. The van der Waals surface area contributed by atoms with Crippen molar-refractivity contribution in [3.63, 3.8) is 0 Å². The lowest BCUT2D eigenvalue weighted by Gasteiger charge is -2.37. The standard InChI is InChI=1S/C21H28F2/c1-3-15-4-6-16(7-5-15)17-8-10-18(11-9-17)19-12-14(2)21(23)20(22)13-19/h3,12-13,15-18H,1,4-11H2,2H3. The average Bonchev–Trinajstić information content (AvgIpc) is 2.59. The van der Waals surface area contributed by atoms with Crippen molar-refractivity contribution in [2.24, 2.45) is 17.8 Å². The quantitative estimate of drug-likeness (QED) is 0.555. The highest BCUT2D eigenvalue weighted by Gasteiger charge is 2.31. The summed E-state index contributed by atoms with van der Waals surface area (Å²) in [5.74, 6) is 1.46. The average molecular weight is 318 g/mol. The Labute approximate surface area is 139 Å². The van der Waals surface area contributed by atoms with E-state index < -0.39 is 11.6 Å². The van der Waals surface area contributed by atoms with Crippen LogP contribution in [-0.2, 0) is 0 Å². The molecule has 1 aromatic carbocycles. The summed E-state index contributed by atoms with van der Waals surface area (Å²) in [5, 5.41) is 0. The molecule has 0 amide bonds. The van der Waals surface area contributed by atoms with Gasteiger partial charge in [0.1, 0.15) is 0 Å². The van der Waals surface area contributed by atoms with E-state index in [2.05, 4.69) is 12.7 Å². The normalized spacial score (nSPS) is 31.8. The van der Waals surface area contributed by atoms with Crippen molar-refractivity contribution in [3.05, 3.63) is 47.5 Å². The summed E-state index contributed by atoms with van der Waals surface area (Å²) in [6.07, 6.45) is 12.1. The third-order valence-corrected chi connectivity index (χ3v) is 6.29. The van der Waals surface area contributed by atoms with Gasteiger partial charge in [0.25, 0.3) is 0 Å². The molecule has 0 aliphatic heterocycles. The van der Waals surface area contributed by atoms with Crippen LogP contribution in [0.25, 0.3) is 0 Å². The van der Waals surface area contributed by atoms with Gasteiger partial charge in [-0.15, -0.1) is 6.58 Å². The molecular formula is C21H28F2. The van der Waals surface area contributed by atoms with E-state index in [1.54, 1.807) is 6.92 Å². The van der Waals surface area contributed by atoms with Gasteiger partial charge in [0.15, 0.2) is 11.6 Å². The van der Waals surface area contributed by atoms with Crippen molar-refractivity contribution in [1.29, 1.82) is 0 Å². The molecule has 1 aromatic rings. The number of halogens is 2. The highest BCUT2D eigenvalue weighted by atomic mass is 19.2. The lowest BCUT2D eigenvalue weighted by Crippen LogP contribution is -2.25. The van der Waals surface area contributed by atoms with Crippen molar-refractivity contribution < 1.29 is 8.78 Å². The Morgan fingerprint density at radius 1 is 0.913 bits per heavy atom. The van der Waals surface area contributed by atoms with E-state index >= 15 is 0 Å². The molecule has 2 aliphatic rings. The second kappa shape index (κ2) is 7.15. The maximum Gasteiger partial charge on any atom is 0.161 e. The summed E-state index contributed by atoms with van der Waals surface area (Å²) in [4.78, 5) is 0. The van der Waals surface area contributed by atoms with Crippen LogP contribution in [-0.4, -0.2) is 0 Å². The van der Waals surface area contributed by atoms with Gasteiger partial charge in [-0.05, 0) is 99.2 Å². The number of benzene rings is 1. The molecule has 0 bridgehead atoms. The predicted molar refractivity (Wildman–Crippen MR) is 91.4 cm³/mol. The fourth-order valence-electron chi connectivity index (χ4n) is 4.76. The maximum absolute atomic E-state index is 13.6. The molecule has 2 fully saturated rings. The highest BCUT2D eigenvalue weighted by Crippen LogP contribution is 2.44. The summed E-state index contributed by atoms with van der Waals surface area (Å²) in [5.41, 5.74) is 1.43. The van der Waals surface area contributed by atoms with Crippen molar-refractivity contribution in [1.82, 2.24) is 0 Å². The SMILES string of the molecule is C=CC1CCC(C2CCC(c3cc(C)c(F)c(F)c3)CC2)CC1. The Balaban J connectivity index is 1.57. The van der Waals surface area contributed by atoms with Crippen LogP contribution in [0.3, 0.4) is 0 Å². The van der Waals surface area contributed by atoms with Crippen molar-refractivity contribution in [2.45, 2.75) is 64.2 Å². The topological polar surface area (TPSA) is 0 Å². The third kappa shape index (κ3) is 3.67. The zero-order valence-electron chi connectivity index (χ0n) is 14.2. The first-order valence-electron chi connectivity index (χ1n) is 9.16. The molecule has 0 heterocycles. The van der Waals surface area contributed by atoms with Gasteiger partial charge in [0.2, 0.25) is 0 Å². The monoisotopic (exact) mass is 318 g/mol. The summed E-state index contributed by atoms with van der Waals surface area (Å²) in [6, 6.07) is 3.27. The number of aryl methyl sites for hydroxylation is 1. The smallest absolute Gasteiger partial charge is 0.161 e. The Bertz CT molecular complexity index is 524. The third-order valence-electron chi connectivity index (χ3n) is 6.29. The Kier molecular flexibility index (Phi) is 5.18. The van der Waals surface area contributed by atoms with Crippen LogP contribution in [0.2, 0.25) is 0 Å². The molecular weight excluding hydrogens is 290 g/mol. The Hall–Kier alpha value is -1.18. The van der Waals surface area contributed by atoms with Gasteiger partial charge in [-0.2, -0.15) is 0 Å². The molecule has 2 aliphatic carbocycles. The van der Waals surface area contributed by atoms with E-state index in [-0.39, 0.29) is 0 Å². The molecule has 2 heteroatoms. The molecule has 0 aromatic heterocycles. The molecule has 126 valence electrons. The zero-order chi connectivity index (χ0) is 16.4. The van der Waals surface area contributed by atoms with E-state index in [9.17, 15) is 8.78 Å². The van der Waals surface area contributed by atoms with Crippen molar-refractivity contribution in [3.8, 4) is 0 Å². The molecule has 0 nitrogen and oxygen atoms in total. The van der Waals surface area contributed by atoms with Crippen LogP contribution in [0.5, 0.6) is 0 Å². The van der Waals surface area contributed by atoms with Crippen LogP contribution >= 0.6 is 0 Å². The van der Waals surface area contributed by atoms with E-state index in [4.69, 9.17) is 0 Å². The number of rotatable bonds is 3. The number of allylic oxidation sites excluding steroid dienone is 1. The molecule has 0 radical (unpaired) electrons. The van der Waals surface area contributed by atoms with Crippen molar-refractivity contribution in [2.75, 3.05) is 0 Å². The van der Waals surface area contributed by atoms with Crippen LogP contribution < -0.4 is 0 Å². The summed E-state index contributed by atoms with van der Waals surface area (Å²) in [7, 11) is 0. The van der Waals surface area contributed by atoms with Gasteiger partial charge in [0.05, 0.1) is 0 Å². The molecule has 3 rings (SSSR count). The Morgan fingerprint density at radius 3 is 2.00 bits per heavy atom. The second-order valence-corrected chi connectivity index (χ2v) is 7.66. The summed E-state index contributed by atoms with van der Waals surface area (Å²) in [6.45, 7) is 5.59. The molecule has 23 heavy (non-hydrogen) atoms. The number of hydrogen-bond acceptors (Lipinski definition) is 0. The number of hydrogen-bond donors (Lipinski definition) is 0. The van der Waals surface area contributed by atoms with Gasteiger partial charge in [-0.3, -0.25) is 0 Å². The highest BCUT2D eigenvalue weighted by molar-refractivity contribution is 5.28. The lowest BCUT2D eigenvalue weighted by atomic mass is 9.68. The first-order chi connectivity index (χ1) is 11.1. The van der Waals surface area contributed by atoms with Gasteiger partial charge in [-0.25, -0.2) is 8.78 Å². The van der Waals surface area contributed by atoms with E-state index in [0.717, 1.165) is 36.2 Å². The fraction of sp³-hybridized carbons (Fsp3) is 0.619. The van der Waals surface area contributed by atoms with Crippen molar-refractivity contribution >= 4 is 0 Å². The molecule has 0 unspecified atom stereocenters. The molecule has 0 saturated heterocycles. The minimum atomic E-state index is -0.693. The van der Waals surface area contributed by atoms with E-state index in [1.807, 2.05) is 6.07 Å². The Morgan fingerprint density at radius 2 is 1.48 bits per heavy atom. The van der Waals surface area contributed by atoms with Crippen LogP contribution in [0.15, 0.2) is 24.8 Å². The maximum atomic E-state index is 13.6. The minimum Gasteiger partial charge on any atom is -0.204 e. The van der Waals surface area contributed by atoms with Gasteiger partial charge in [-0.1, -0.05) is 12.1 Å². The van der Waals surface area contributed by atoms with E-state index in [0.29, 0.717) is 11.5 Å². The summed E-state index contributed by atoms with van der Waals surface area (Å²) >= 11 is 0. The van der Waals surface area contributed by atoms with Gasteiger partial charge < -0.3 is 0 Å². The first kappa shape index (κ1) is 16.7. The largest absolute Gasteiger partial charge is 0.204 e. The van der Waals surface area contributed by atoms with Gasteiger partial charge in [0, 0.05) is 0 Å². The second-order valence-electron chi connectivity index (χ2n) is 7.66. The zero-order valence-corrected chi connectivity index (χ0v) is 14.2. The lowest BCUT2D eigenvalue weighted by molar-refractivity contribution is 0.171. The molecule has 0 N–H and O–H groups in total. The van der Waals surface area contributed by atoms with E-state index in [1.165, 1.54) is 44.6 Å². The van der Waals surface area contributed by atoms with Crippen LogP contribution in [0, 0.1) is 36.3 Å². The van der Waals surface area contributed by atoms with Crippen LogP contribution in [0.4, 0.5) is 8.78 Å². The molecule has 2 saturated carbocycles. The first-order valence-corrected chi connectivity index (χ1v) is 9.16. The fourth-order valence-corrected chi connectivity index (χ4v) is 4.76. The van der Waals surface area contributed by atoms with Crippen LogP contribution in [0.1, 0.15) is 68.4 Å². The summed E-state index contributed by atoms with van der Waals surface area (Å²) < 4.78 is 27.1.